The quantitative estimate of drug-likeness (QED) is 0.396. The van der Waals surface area contributed by atoms with Gasteiger partial charge in [-0.05, 0) is 30.9 Å². The fourth-order valence-electron chi connectivity index (χ4n) is 3.99. The number of methoxy groups -OCH3 is 1. The third-order valence-electron chi connectivity index (χ3n) is 6.33. The molecule has 2 aromatic carbocycles. The third-order valence-corrected chi connectivity index (χ3v) is 6.33. The maximum atomic E-state index is 14.6. The first-order chi connectivity index (χ1) is 18.7. The normalized spacial score (nSPS) is 14.3. The first-order valence-corrected chi connectivity index (χ1v) is 12.5. The number of alkyl halides is 3. The van der Waals surface area contributed by atoms with Crippen molar-refractivity contribution in [3.63, 3.8) is 0 Å². The zero-order valence-electron chi connectivity index (χ0n) is 23.0. The van der Waals surface area contributed by atoms with Crippen molar-refractivity contribution in [3.05, 3.63) is 71.8 Å². The second kappa shape index (κ2) is 13.8. The molecule has 0 saturated carbocycles. The first-order valence-electron chi connectivity index (χ1n) is 12.5. The number of hydrogen-bond donors (Lipinski definition) is 2. The largest absolute Gasteiger partial charge is 0.468 e. The van der Waals surface area contributed by atoms with E-state index in [1.165, 1.54) is 6.92 Å². The van der Waals surface area contributed by atoms with Gasteiger partial charge in [-0.3, -0.25) is 19.7 Å². The molecule has 0 aromatic heterocycles. The van der Waals surface area contributed by atoms with Crippen molar-refractivity contribution in [2.24, 2.45) is 5.92 Å². The van der Waals surface area contributed by atoms with E-state index in [1.54, 1.807) is 79.8 Å². The van der Waals surface area contributed by atoms with Gasteiger partial charge in [0.2, 0.25) is 11.4 Å². The first kappa shape index (κ1) is 32.1. The minimum Gasteiger partial charge on any atom is -0.468 e. The molecule has 3 amide bonds. The number of rotatable bonds is 11. The summed E-state index contributed by atoms with van der Waals surface area (Å²) in [5.74, 6) is -3.93. The van der Waals surface area contributed by atoms with Crippen molar-refractivity contribution < 1.29 is 41.8 Å². The van der Waals surface area contributed by atoms with Gasteiger partial charge < -0.3 is 19.7 Å². The van der Waals surface area contributed by atoms with E-state index in [0.717, 1.165) is 12.0 Å². The van der Waals surface area contributed by atoms with Gasteiger partial charge in [0, 0.05) is 0 Å². The number of hydrogen-bond acceptors (Lipinski definition) is 6. The van der Waals surface area contributed by atoms with Gasteiger partial charge in [-0.15, -0.1) is 0 Å². The fraction of sp³-hybridized carbons (Fsp3) is 0.429. The Morgan fingerprint density at radius 3 is 1.98 bits per heavy atom. The van der Waals surface area contributed by atoms with Crippen molar-refractivity contribution in [3.8, 4) is 0 Å². The SMILES string of the molecule is COC(=O)CNC(=O)C(C(C)C)N(C(=O)C(C)(NC(=O)OCc1ccccc1)C(F)(F)F)[C@@H](C)c1ccccc1. The van der Waals surface area contributed by atoms with E-state index >= 15 is 0 Å². The third kappa shape index (κ3) is 7.96. The van der Waals surface area contributed by atoms with Crippen LogP contribution in [0, 0.1) is 5.92 Å². The van der Waals surface area contributed by atoms with E-state index in [9.17, 15) is 32.3 Å². The Bertz CT molecular complexity index is 1160. The Morgan fingerprint density at radius 1 is 0.925 bits per heavy atom. The Kier molecular flexibility index (Phi) is 11.1. The summed E-state index contributed by atoms with van der Waals surface area (Å²) in [7, 11) is 1.11. The van der Waals surface area contributed by atoms with Crippen LogP contribution in [-0.4, -0.2) is 60.2 Å². The molecule has 218 valence electrons. The fourth-order valence-corrected chi connectivity index (χ4v) is 3.99. The van der Waals surface area contributed by atoms with Gasteiger partial charge in [-0.1, -0.05) is 74.5 Å². The summed E-state index contributed by atoms with van der Waals surface area (Å²) < 4.78 is 53.3. The molecule has 0 fully saturated rings. The van der Waals surface area contributed by atoms with Gasteiger partial charge in [0.05, 0.1) is 13.2 Å². The Labute approximate surface area is 231 Å². The summed E-state index contributed by atoms with van der Waals surface area (Å²) in [5, 5.41) is 4.02. The minimum absolute atomic E-state index is 0.330. The van der Waals surface area contributed by atoms with Crippen molar-refractivity contribution in [1.82, 2.24) is 15.5 Å². The highest BCUT2D eigenvalue weighted by Gasteiger charge is 2.61. The van der Waals surface area contributed by atoms with Crippen molar-refractivity contribution in [2.75, 3.05) is 13.7 Å². The maximum Gasteiger partial charge on any atom is 0.420 e. The molecule has 2 aromatic rings. The van der Waals surface area contributed by atoms with Gasteiger partial charge in [-0.2, -0.15) is 13.2 Å². The van der Waals surface area contributed by atoms with Gasteiger partial charge in [0.15, 0.2) is 0 Å². The number of amides is 3. The lowest BCUT2D eigenvalue weighted by molar-refractivity contribution is -0.203. The molecule has 0 spiro atoms. The summed E-state index contributed by atoms with van der Waals surface area (Å²) in [5.41, 5.74) is -2.50. The molecule has 0 bridgehead atoms. The van der Waals surface area contributed by atoms with Crippen LogP contribution in [0.3, 0.4) is 0 Å². The van der Waals surface area contributed by atoms with Gasteiger partial charge >= 0.3 is 18.2 Å². The molecule has 0 heterocycles. The van der Waals surface area contributed by atoms with Gasteiger partial charge in [0.1, 0.15) is 19.2 Å². The molecule has 0 aliphatic carbocycles. The van der Waals surface area contributed by atoms with Crippen LogP contribution < -0.4 is 10.6 Å². The average Bonchev–Trinajstić information content (AvgIpc) is 2.92. The highest BCUT2D eigenvalue weighted by atomic mass is 19.4. The predicted molar refractivity (Wildman–Crippen MR) is 140 cm³/mol. The van der Waals surface area contributed by atoms with Gasteiger partial charge in [-0.25, -0.2) is 4.79 Å². The predicted octanol–water partition coefficient (Wildman–Crippen LogP) is 4.14. The number of alkyl carbamates (subject to hydrolysis) is 1. The van der Waals surface area contributed by atoms with Crippen LogP contribution in [0.2, 0.25) is 0 Å². The molecule has 2 rings (SSSR count). The highest BCUT2D eigenvalue weighted by molar-refractivity contribution is 5.95. The zero-order valence-corrected chi connectivity index (χ0v) is 23.0. The Balaban J connectivity index is 2.51. The second-order valence-corrected chi connectivity index (χ2v) is 9.59. The number of benzene rings is 2. The topological polar surface area (TPSA) is 114 Å². The molecule has 2 N–H and O–H groups in total. The molecule has 2 unspecified atom stereocenters. The van der Waals surface area contributed by atoms with Crippen molar-refractivity contribution in [1.29, 1.82) is 0 Å². The van der Waals surface area contributed by atoms with E-state index in [4.69, 9.17) is 4.74 Å². The maximum absolute atomic E-state index is 14.6. The van der Waals surface area contributed by atoms with Crippen molar-refractivity contribution in [2.45, 2.75) is 58.1 Å². The summed E-state index contributed by atoms with van der Waals surface area (Å²) in [6.07, 6.45) is -6.75. The molecular weight excluding hydrogens is 531 g/mol. The molecule has 0 aliphatic rings. The van der Waals surface area contributed by atoms with Crippen LogP contribution in [0.5, 0.6) is 0 Å². The van der Waals surface area contributed by atoms with Crippen LogP contribution in [0.1, 0.15) is 44.9 Å². The lowest BCUT2D eigenvalue weighted by Crippen LogP contribution is -2.68. The molecule has 0 aliphatic heterocycles. The summed E-state index contributed by atoms with van der Waals surface area (Å²) in [6.45, 7) is 4.21. The van der Waals surface area contributed by atoms with Crippen LogP contribution in [0.4, 0.5) is 18.0 Å². The van der Waals surface area contributed by atoms with E-state index in [1.807, 2.05) is 0 Å². The second-order valence-electron chi connectivity index (χ2n) is 9.59. The van der Waals surface area contributed by atoms with E-state index < -0.39 is 60.1 Å². The number of nitrogens with zero attached hydrogens (tertiary/aromatic N) is 1. The molecule has 9 nitrogen and oxygen atoms in total. The van der Waals surface area contributed by atoms with Crippen LogP contribution >= 0.6 is 0 Å². The monoisotopic (exact) mass is 565 g/mol. The smallest absolute Gasteiger partial charge is 0.420 e. The number of ether oxygens (including phenoxy) is 2. The average molecular weight is 566 g/mol. The highest BCUT2D eigenvalue weighted by Crippen LogP contribution is 2.36. The molecule has 12 heteroatoms. The van der Waals surface area contributed by atoms with E-state index in [2.05, 4.69) is 10.1 Å². The lowest BCUT2D eigenvalue weighted by Gasteiger charge is -2.43. The standard InChI is InChI=1S/C28H34F3N3O6/c1-18(2)23(24(36)32-16-22(35)39-5)34(19(3)21-14-10-7-11-15-21)25(37)27(4,28(29,30)31)33-26(38)40-17-20-12-8-6-9-13-20/h6-15,18-19,23H,16-17H2,1-5H3,(H,32,36)(H,33,38)/t19-,23?,27?/m0/s1. The zero-order chi connectivity index (χ0) is 30.1. The molecule has 0 radical (unpaired) electrons. The number of halogens is 3. The summed E-state index contributed by atoms with van der Waals surface area (Å²) >= 11 is 0. The number of esters is 1. The Hall–Kier alpha value is -4.09. The Morgan fingerprint density at radius 2 is 1.48 bits per heavy atom. The van der Waals surface area contributed by atoms with Crippen LogP contribution in [0.15, 0.2) is 60.7 Å². The van der Waals surface area contributed by atoms with Crippen LogP contribution in [-0.2, 0) is 30.5 Å². The van der Waals surface area contributed by atoms with Crippen molar-refractivity contribution >= 4 is 23.9 Å². The molecular formula is C28H34F3N3O6. The van der Waals surface area contributed by atoms with E-state index in [0.29, 0.717) is 18.1 Å². The lowest BCUT2D eigenvalue weighted by atomic mass is 9.91. The summed E-state index contributed by atoms with van der Waals surface area (Å²) in [4.78, 5) is 52.1. The molecule has 3 atom stereocenters. The summed E-state index contributed by atoms with van der Waals surface area (Å²) in [6, 6.07) is 13.9. The number of carbonyl (C=O) groups is 4. The van der Waals surface area contributed by atoms with Crippen LogP contribution in [0.25, 0.3) is 0 Å². The molecule has 40 heavy (non-hydrogen) atoms. The van der Waals surface area contributed by atoms with E-state index in [-0.39, 0.29) is 6.61 Å². The number of nitrogens with one attached hydrogen (secondary N) is 2. The molecule has 0 saturated heterocycles. The minimum atomic E-state index is -5.28. The van der Waals surface area contributed by atoms with Gasteiger partial charge in [0.25, 0.3) is 5.91 Å². The number of carbonyl (C=O) groups excluding carboxylic acids is 4.